The van der Waals surface area contributed by atoms with E-state index in [1.165, 1.54) is 6.07 Å². The predicted octanol–water partition coefficient (Wildman–Crippen LogP) is 4.35. The molecule has 1 aliphatic rings. The first-order valence-electron chi connectivity index (χ1n) is 5.33. The van der Waals surface area contributed by atoms with Gasteiger partial charge in [0.25, 0.3) is 0 Å². The van der Waals surface area contributed by atoms with Crippen molar-refractivity contribution in [2.45, 2.75) is 31.2 Å². The van der Waals surface area contributed by atoms with Crippen LogP contribution in [0.5, 0.6) is 0 Å². The molecule has 0 bridgehead atoms. The number of hydrogen-bond donors (Lipinski definition) is 0. The minimum atomic E-state index is -0.691. The van der Waals surface area contributed by atoms with Crippen LogP contribution in [0.25, 0.3) is 0 Å². The Hall–Kier alpha value is -0.700. The molecule has 0 atom stereocenters. The molecule has 1 fully saturated rings. The number of aliphatic imine (C=N–C) groups is 1. The van der Waals surface area contributed by atoms with Gasteiger partial charge in [0.2, 0.25) is 6.08 Å². The molecule has 1 aliphatic carbocycles. The quantitative estimate of drug-likeness (QED) is 0.453. The van der Waals surface area contributed by atoms with Gasteiger partial charge in [0.05, 0.1) is 10.6 Å². The lowest BCUT2D eigenvalue weighted by molar-refractivity contribution is 0.452. The molecular formula is C12H10BrClFNO. The highest BCUT2D eigenvalue weighted by atomic mass is 79.9. The highest BCUT2D eigenvalue weighted by Gasteiger charge is 2.38. The molecule has 0 aliphatic heterocycles. The van der Waals surface area contributed by atoms with Gasteiger partial charge >= 0.3 is 0 Å². The number of nitrogens with zero attached hydrogens (tertiary/aromatic N) is 1. The molecule has 1 aromatic rings. The van der Waals surface area contributed by atoms with E-state index in [-0.39, 0.29) is 5.02 Å². The molecule has 0 radical (unpaired) electrons. The van der Waals surface area contributed by atoms with E-state index >= 15 is 0 Å². The number of hydrogen-bond acceptors (Lipinski definition) is 2. The zero-order valence-electron chi connectivity index (χ0n) is 8.97. The Morgan fingerprint density at radius 1 is 1.41 bits per heavy atom. The second kappa shape index (κ2) is 4.89. The van der Waals surface area contributed by atoms with Crippen molar-refractivity contribution in [3.8, 4) is 0 Å². The maximum Gasteiger partial charge on any atom is 0.235 e. The molecule has 2 nitrogen and oxygen atoms in total. The van der Waals surface area contributed by atoms with Crippen molar-refractivity contribution in [2.75, 3.05) is 0 Å². The lowest BCUT2D eigenvalue weighted by atomic mass is 9.89. The summed E-state index contributed by atoms with van der Waals surface area (Å²) >= 11 is 9.22. The molecule has 5 heteroatoms. The SMILES string of the molecule is O=C=NC1(c2cc(Br)cc(F)c2Cl)CCCC1. The Morgan fingerprint density at radius 2 is 2.06 bits per heavy atom. The zero-order valence-corrected chi connectivity index (χ0v) is 11.3. The van der Waals surface area contributed by atoms with Crippen molar-refractivity contribution in [3.63, 3.8) is 0 Å². The van der Waals surface area contributed by atoms with Crippen molar-refractivity contribution < 1.29 is 9.18 Å². The first-order chi connectivity index (χ1) is 8.09. The number of halogens is 3. The molecule has 90 valence electrons. The van der Waals surface area contributed by atoms with Crippen molar-refractivity contribution >= 4 is 33.6 Å². The van der Waals surface area contributed by atoms with Crippen LogP contribution in [0.3, 0.4) is 0 Å². The maximum absolute atomic E-state index is 13.6. The van der Waals surface area contributed by atoms with Gasteiger partial charge in [-0.25, -0.2) is 9.18 Å². The lowest BCUT2D eigenvalue weighted by Crippen LogP contribution is -2.20. The van der Waals surface area contributed by atoms with Crippen LogP contribution in [0, 0.1) is 5.82 Å². The standard InChI is InChI=1S/C12H10BrClFNO/c13-8-5-9(11(14)10(15)6-8)12(16-7-17)3-1-2-4-12/h5-6H,1-4H2. The van der Waals surface area contributed by atoms with Crippen molar-refractivity contribution in [3.05, 3.63) is 33.0 Å². The van der Waals surface area contributed by atoms with Crippen LogP contribution < -0.4 is 0 Å². The summed E-state index contributed by atoms with van der Waals surface area (Å²) in [4.78, 5) is 14.5. The van der Waals surface area contributed by atoms with Crippen molar-refractivity contribution in [1.82, 2.24) is 0 Å². The number of benzene rings is 1. The van der Waals surface area contributed by atoms with E-state index in [0.29, 0.717) is 22.9 Å². The average Bonchev–Trinajstić information content (AvgIpc) is 2.73. The smallest absolute Gasteiger partial charge is 0.211 e. The Morgan fingerprint density at radius 3 is 2.65 bits per heavy atom. The molecule has 0 aromatic heterocycles. The van der Waals surface area contributed by atoms with E-state index in [1.807, 2.05) is 0 Å². The Bertz CT molecular complexity index is 494. The third-order valence-electron chi connectivity index (χ3n) is 3.18. The Labute approximate surface area is 112 Å². The Balaban J connectivity index is 2.61. The number of isocyanates is 1. The molecule has 0 unspecified atom stereocenters. The van der Waals surface area contributed by atoms with E-state index in [9.17, 15) is 9.18 Å². The second-order valence-corrected chi connectivity index (χ2v) is 5.48. The summed E-state index contributed by atoms with van der Waals surface area (Å²) in [5.74, 6) is -0.497. The van der Waals surface area contributed by atoms with Gasteiger partial charge in [-0.05, 0) is 25.0 Å². The minimum Gasteiger partial charge on any atom is -0.211 e. The van der Waals surface area contributed by atoms with E-state index < -0.39 is 11.4 Å². The maximum atomic E-state index is 13.6. The molecular weight excluding hydrogens is 308 g/mol. The predicted molar refractivity (Wildman–Crippen MR) is 67.4 cm³/mol. The molecule has 0 N–H and O–H groups in total. The molecule has 0 saturated heterocycles. The van der Waals surface area contributed by atoms with Gasteiger partial charge in [-0.2, -0.15) is 4.99 Å². The van der Waals surface area contributed by atoms with Gasteiger partial charge in [-0.1, -0.05) is 40.4 Å². The van der Waals surface area contributed by atoms with Crippen molar-refractivity contribution in [2.24, 2.45) is 4.99 Å². The topological polar surface area (TPSA) is 29.4 Å². The molecule has 17 heavy (non-hydrogen) atoms. The summed E-state index contributed by atoms with van der Waals surface area (Å²) in [6, 6.07) is 3.04. The van der Waals surface area contributed by atoms with Crippen molar-refractivity contribution in [1.29, 1.82) is 0 Å². The zero-order chi connectivity index (χ0) is 12.5. The first kappa shape index (κ1) is 12.7. The van der Waals surface area contributed by atoms with Crippen LogP contribution in [0.2, 0.25) is 5.02 Å². The van der Waals surface area contributed by atoms with Gasteiger partial charge < -0.3 is 0 Å². The molecule has 0 spiro atoms. The highest BCUT2D eigenvalue weighted by molar-refractivity contribution is 9.10. The van der Waals surface area contributed by atoms with Gasteiger partial charge in [-0.3, -0.25) is 0 Å². The summed E-state index contributed by atoms with van der Waals surface area (Å²) in [5, 5.41) is 0.0501. The van der Waals surface area contributed by atoms with Gasteiger partial charge in [-0.15, -0.1) is 0 Å². The minimum absolute atomic E-state index is 0.0501. The third kappa shape index (κ3) is 2.30. The summed E-state index contributed by atoms with van der Waals surface area (Å²) in [5.41, 5.74) is -0.115. The van der Waals surface area contributed by atoms with Crippen LogP contribution in [0.4, 0.5) is 4.39 Å². The molecule has 1 aromatic carbocycles. The van der Waals surface area contributed by atoms with Crippen LogP contribution in [0.1, 0.15) is 31.2 Å². The summed E-state index contributed by atoms with van der Waals surface area (Å²) in [7, 11) is 0. The van der Waals surface area contributed by atoms with E-state index in [0.717, 1.165) is 12.8 Å². The average molecular weight is 319 g/mol. The summed E-state index contributed by atoms with van der Waals surface area (Å²) in [6.07, 6.45) is 4.91. The molecule has 2 rings (SSSR count). The fourth-order valence-electron chi connectivity index (χ4n) is 2.38. The normalized spacial score (nSPS) is 17.8. The second-order valence-electron chi connectivity index (χ2n) is 4.19. The van der Waals surface area contributed by atoms with Crippen LogP contribution in [-0.2, 0) is 10.3 Å². The molecule has 0 heterocycles. The van der Waals surface area contributed by atoms with E-state index in [2.05, 4.69) is 20.9 Å². The molecule has 0 amide bonds. The molecule has 1 saturated carbocycles. The summed E-state index contributed by atoms with van der Waals surface area (Å²) < 4.78 is 14.2. The van der Waals surface area contributed by atoms with Crippen LogP contribution in [0.15, 0.2) is 21.6 Å². The number of rotatable bonds is 2. The monoisotopic (exact) mass is 317 g/mol. The fourth-order valence-corrected chi connectivity index (χ4v) is 3.10. The van der Waals surface area contributed by atoms with E-state index in [4.69, 9.17) is 11.6 Å². The highest BCUT2D eigenvalue weighted by Crippen LogP contribution is 2.46. The van der Waals surface area contributed by atoms with Crippen LogP contribution >= 0.6 is 27.5 Å². The lowest BCUT2D eigenvalue weighted by Gasteiger charge is -2.24. The van der Waals surface area contributed by atoms with Gasteiger partial charge in [0, 0.05) is 10.0 Å². The first-order valence-corrected chi connectivity index (χ1v) is 6.50. The number of carbonyl (C=O) groups excluding carboxylic acids is 1. The summed E-state index contributed by atoms with van der Waals surface area (Å²) in [6.45, 7) is 0. The fraction of sp³-hybridized carbons (Fsp3) is 0.417. The largest absolute Gasteiger partial charge is 0.235 e. The third-order valence-corrected chi connectivity index (χ3v) is 4.03. The van der Waals surface area contributed by atoms with E-state index in [1.54, 1.807) is 12.1 Å². The van der Waals surface area contributed by atoms with Gasteiger partial charge in [0.15, 0.2) is 0 Å². The van der Waals surface area contributed by atoms with Crippen LogP contribution in [-0.4, -0.2) is 6.08 Å². The Kier molecular flexibility index (Phi) is 3.67. The van der Waals surface area contributed by atoms with Gasteiger partial charge in [0.1, 0.15) is 5.82 Å².